The number of aromatic nitrogens is 1. The lowest BCUT2D eigenvalue weighted by Gasteiger charge is -2.41. The van der Waals surface area contributed by atoms with Gasteiger partial charge in [0, 0.05) is 24.2 Å². The minimum Gasteiger partial charge on any atom is -0.491 e. The Morgan fingerprint density at radius 3 is 2.79 bits per heavy atom. The van der Waals surface area contributed by atoms with E-state index in [0.29, 0.717) is 36.4 Å². The highest BCUT2D eigenvalue weighted by atomic mass is 19.4. The third-order valence-corrected chi connectivity index (χ3v) is 5.88. The lowest BCUT2D eigenvalue weighted by atomic mass is 9.84. The number of benzene rings is 1. The predicted molar refractivity (Wildman–Crippen MR) is 111 cm³/mol. The van der Waals surface area contributed by atoms with Crippen LogP contribution in [0.3, 0.4) is 0 Å². The quantitative estimate of drug-likeness (QED) is 0.605. The second-order valence-corrected chi connectivity index (χ2v) is 8.10. The summed E-state index contributed by atoms with van der Waals surface area (Å²) in [6, 6.07) is 10.6. The van der Waals surface area contributed by atoms with Crippen molar-refractivity contribution in [1.29, 1.82) is 0 Å². The summed E-state index contributed by atoms with van der Waals surface area (Å²) in [6.07, 6.45) is -4.47. The number of halogens is 3. The maximum atomic E-state index is 13.1. The van der Waals surface area contributed by atoms with Crippen LogP contribution in [0.15, 0.2) is 36.4 Å². The minimum absolute atomic E-state index is 0.144. The minimum atomic E-state index is -4.69. The fourth-order valence-electron chi connectivity index (χ4n) is 4.24. The second kappa shape index (κ2) is 9.28. The first-order chi connectivity index (χ1) is 15.7. The van der Waals surface area contributed by atoms with E-state index in [2.05, 4.69) is 9.72 Å². The van der Waals surface area contributed by atoms with Gasteiger partial charge in [-0.3, -0.25) is 14.5 Å². The van der Waals surface area contributed by atoms with Crippen molar-refractivity contribution in [2.24, 2.45) is 0 Å². The third-order valence-electron chi connectivity index (χ3n) is 5.88. The van der Waals surface area contributed by atoms with Gasteiger partial charge in [0.2, 0.25) is 0 Å². The van der Waals surface area contributed by atoms with Crippen LogP contribution in [0.5, 0.6) is 5.75 Å². The van der Waals surface area contributed by atoms with Crippen LogP contribution in [-0.2, 0) is 19.8 Å². The number of ether oxygens (including phenoxy) is 4. The van der Waals surface area contributed by atoms with Gasteiger partial charge in [-0.2, -0.15) is 0 Å². The van der Waals surface area contributed by atoms with Crippen LogP contribution in [0.25, 0.3) is 0 Å². The Kier molecular flexibility index (Phi) is 6.60. The van der Waals surface area contributed by atoms with Crippen molar-refractivity contribution >= 4 is 5.91 Å². The van der Waals surface area contributed by atoms with Crippen molar-refractivity contribution in [3.05, 3.63) is 58.9 Å². The molecule has 2 aromatic rings. The standard InChI is InChI=1S/C23H25F3N2O5/c1-15-12-17(6-7-18(15)30-10-11-32-23(24,25)26)21(29)28-9-8-22(20(13-28)31-14-33-22)19-5-3-4-16(2)27-19/h3-7,12,20H,8-11,13-14H2,1-2H3. The summed E-state index contributed by atoms with van der Waals surface area (Å²) in [7, 11) is 0. The zero-order valence-corrected chi connectivity index (χ0v) is 18.4. The van der Waals surface area contributed by atoms with Crippen LogP contribution >= 0.6 is 0 Å². The Bertz CT molecular complexity index is 1020. The molecule has 0 radical (unpaired) electrons. The predicted octanol–water partition coefficient (Wildman–Crippen LogP) is 3.73. The van der Waals surface area contributed by atoms with E-state index < -0.39 is 18.6 Å². The van der Waals surface area contributed by atoms with Crippen molar-refractivity contribution in [2.45, 2.75) is 38.3 Å². The normalized spacial score (nSPS) is 22.8. The van der Waals surface area contributed by atoms with Crippen LogP contribution in [0.2, 0.25) is 0 Å². The first-order valence-corrected chi connectivity index (χ1v) is 10.6. The van der Waals surface area contributed by atoms with Crippen molar-refractivity contribution in [2.75, 3.05) is 33.1 Å². The first kappa shape index (κ1) is 23.5. The molecule has 2 saturated heterocycles. The topological polar surface area (TPSA) is 70.1 Å². The van der Waals surface area contributed by atoms with Gasteiger partial charge >= 0.3 is 6.36 Å². The molecule has 1 amide bonds. The molecule has 0 bridgehead atoms. The highest BCUT2D eigenvalue weighted by Gasteiger charge is 2.52. The Balaban J connectivity index is 1.40. The Labute approximate surface area is 189 Å². The summed E-state index contributed by atoms with van der Waals surface area (Å²) in [5.74, 6) is 0.236. The number of carbonyl (C=O) groups is 1. The SMILES string of the molecule is Cc1cccc(C23CCN(C(=O)c4ccc(OCCOC(F)(F)F)c(C)c4)CC2OCO3)n1. The van der Waals surface area contributed by atoms with E-state index in [9.17, 15) is 18.0 Å². The molecule has 1 aromatic heterocycles. The van der Waals surface area contributed by atoms with E-state index in [1.807, 2.05) is 25.1 Å². The van der Waals surface area contributed by atoms with Crippen molar-refractivity contribution in [1.82, 2.24) is 9.88 Å². The number of rotatable bonds is 6. The van der Waals surface area contributed by atoms with Gasteiger partial charge < -0.3 is 19.1 Å². The summed E-state index contributed by atoms with van der Waals surface area (Å²) in [5.41, 5.74) is 2.13. The highest BCUT2D eigenvalue weighted by Crippen LogP contribution is 2.42. The summed E-state index contributed by atoms with van der Waals surface area (Å²) < 4.78 is 57.1. The Morgan fingerprint density at radius 1 is 1.24 bits per heavy atom. The molecule has 10 heteroatoms. The molecule has 3 heterocycles. The third kappa shape index (κ3) is 5.13. The van der Waals surface area contributed by atoms with E-state index in [1.54, 1.807) is 30.0 Å². The Morgan fingerprint density at radius 2 is 2.06 bits per heavy atom. The van der Waals surface area contributed by atoms with Crippen molar-refractivity contribution in [3.63, 3.8) is 0 Å². The van der Waals surface area contributed by atoms with Crippen LogP contribution in [0, 0.1) is 13.8 Å². The molecule has 178 valence electrons. The second-order valence-electron chi connectivity index (χ2n) is 8.10. The van der Waals surface area contributed by atoms with Crippen LogP contribution in [0.4, 0.5) is 13.2 Å². The van der Waals surface area contributed by atoms with E-state index >= 15 is 0 Å². The number of fused-ring (bicyclic) bond motifs is 1. The number of likely N-dealkylation sites (tertiary alicyclic amines) is 1. The van der Waals surface area contributed by atoms with Crippen molar-refractivity contribution in [3.8, 4) is 5.75 Å². The molecule has 7 nitrogen and oxygen atoms in total. The maximum Gasteiger partial charge on any atom is 0.522 e. The van der Waals surface area contributed by atoms with Gasteiger partial charge in [0.25, 0.3) is 5.91 Å². The number of alkyl halides is 3. The summed E-state index contributed by atoms with van der Waals surface area (Å²) in [4.78, 5) is 19.5. The number of hydrogen-bond donors (Lipinski definition) is 0. The number of hydrogen-bond acceptors (Lipinski definition) is 6. The molecule has 0 spiro atoms. The molecular formula is C23H25F3N2O5. The number of amides is 1. The largest absolute Gasteiger partial charge is 0.522 e. The fraction of sp³-hybridized carbons (Fsp3) is 0.478. The maximum absolute atomic E-state index is 13.1. The summed E-state index contributed by atoms with van der Waals surface area (Å²) in [6.45, 7) is 3.76. The molecule has 2 unspecified atom stereocenters. The van der Waals surface area contributed by atoms with Crippen LogP contribution < -0.4 is 4.74 Å². The molecular weight excluding hydrogens is 441 g/mol. The average Bonchev–Trinajstić information content (AvgIpc) is 3.21. The van der Waals surface area contributed by atoms with E-state index in [-0.39, 0.29) is 25.4 Å². The van der Waals surface area contributed by atoms with Gasteiger partial charge in [-0.25, -0.2) is 0 Å². The molecule has 33 heavy (non-hydrogen) atoms. The lowest BCUT2D eigenvalue weighted by molar-refractivity contribution is -0.325. The number of pyridine rings is 1. The van der Waals surface area contributed by atoms with Gasteiger partial charge in [-0.1, -0.05) is 6.07 Å². The molecule has 0 saturated carbocycles. The molecule has 2 aliphatic heterocycles. The van der Waals surface area contributed by atoms with Gasteiger partial charge in [0.1, 0.15) is 30.9 Å². The number of nitrogens with zero attached hydrogens (tertiary/aromatic N) is 2. The smallest absolute Gasteiger partial charge is 0.491 e. The molecule has 2 aliphatic rings. The monoisotopic (exact) mass is 466 g/mol. The summed E-state index contributed by atoms with van der Waals surface area (Å²) >= 11 is 0. The van der Waals surface area contributed by atoms with Gasteiger partial charge in [-0.05, 0) is 49.7 Å². The number of piperidine rings is 1. The lowest BCUT2D eigenvalue weighted by Crippen LogP contribution is -2.53. The number of aryl methyl sites for hydroxylation is 2. The van der Waals surface area contributed by atoms with Crippen LogP contribution in [0.1, 0.15) is 33.7 Å². The molecule has 0 aliphatic carbocycles. The highest BCUT2D eigenvalue weighted by molar-refractivity contribution is 5.94. The fourth-order valence-corrected chi connectivity index (χ4v) is 4.24. The zero-order valence-electron chi connectivity index (χ0n) is 18.4. The molecule has 1 aromatic carbocycles. The van der Waals surface area contributed by atoms with Crippen molar-refractivity contribution < 1.29 is 36.9 Å². The average molecular weight is 466 g/mol. The molecule has 4 rings (SSSR count). The molecule has 2 fully saturated rings. The van der Waals surface area contributed by atoms with E-state index in [1.165, 1.54) is 0 Å². The number of carbonyl (C=O) groups excluding carboxylic acids is 1. The molecule has 2 atom stereocenters. The Hall–Kier alpha value is -2.69. The van der Waals surface area contributed by atoms with Crippen LogP contribution in [-0.4, -0.2) is 61.4 Å². The van der Waals surface area contributed by atoms with E-state index in [4.69, 9.17) is 14.2 Å². The first-order valence-electron chi connectivity index (χ1n) is 10.6. The zero-order chi connectivity index (χ0) is 23.6. The van der Waals surface area contributed by atoms with E-state index in [0.717, 1.165) is 11.4 Å². The van der Waals surface area contributed by atoms with Gasteiger partial charge in [0.15, 0.2) is 0 Å². The summed E-state index contributed by atoms with van der Waals surface area (Å²) in [5, 5.41) is 0. The van der Waals surface area contributed by atoms with Gasteiger partial charge in [-0.15, -0.1) is 13.2 Å². The molecule has 0 N–H and O–H groups in total. The van der Waals surface area contributed by atoms with Gasteiger partial charge in [0.05, 0.1) is 18.8 Å².